The van der Waals surface area contributed by atoms with Crippen LogP contribution in [0.1, 0.15) is 76.9 Å². The Labute approximate surface area is 370 Å². The third-order valence-corrected chi connectivity index (χ3v) is 11.2. The lowest BCUT2D eigenvalue weighted by molar-refractivity contribution is -0.127. The molecule has 0 bridgehead atoms. The molecule has 0 aliphatic carbocycles. The van der Waals surface area contributed by atoms with Crippen molar-refractivity contribution in [2.75, 3.05) is 13.2 Å². The molecule has 2 aliphatic heterocycles. The van der Waals surface area contributed by atoms with E-state index in [0.29, 0.717) is 26.1 Å². The standard InChI is InChI=1S/C36H38FN3O2.C14H12F2.C2H6.CH2O2/c1-24-25(2)38-16-14-33(24)28-11-9-26(10-12-28)13-15-39-36(41)34-20-30-21-35-29(7-3-4-17-42-35)19-31(30)23-40(34)22-27-6-5-8-32(37)18-27;15-13-9-8-12(10-14(13)16)7-6-11-4-2-1-3-5-11;1-2;2-1-3/h5-6,8-12,14,16,18-19,21,34H,3-4,7,13,15,17,20,22-23H2,1-2H3,(H,39,41);1-5,8-10H,6-7H2;1-2H3;1H,(H,2,3). The summed E-state index contributed by atoms with van der Waals surface area (Å²) in [6.07, 6.45) is 7.96. The Hall–Kier alpha value is -6.26. The van der Waals surface area contributed by atoms with E-state index in [4.69, 9.17) is 14.6 Å². The second-order valence-corrected chi connectivity index (χ2v) is 15.4. The first kappa shape index (κ1) is 47.8. The molecule has 0 saturated heterocycles. The quantitative estimate of drug-likeness (QED) is 0.133. The predicted octanol–water partition coefficient (Wildman–Crippen LogP) is 11.0. The number of carbonyl (C=O) groups is 2. The molecule has 0 radical (unpaired) electrons. The summed E-state index contributed by atoms with van der Waals surface area (Å²) in [6.45, 7) is 10.3. The molecule has 0 spiro atoms. The number of pyridine rings is 1. The van der Waals surface area contributed by atoms with Gasteiger partial charge in [0.15, 0.2) is 11.6 Å². The molecule has 1 aromatic heterocycles. The summed E-state index contributed by atoms with van der Waals surface area (Å²) in [5.74, 6) is -0.848. The monoisotopic (exact) mass is 857 g/mol. The minimum Gasteiger partial charge on any atom is -0.493 e. The maximum absolute atomic E-state index is 14.0. The number of carboxylic acid groups (broad SMARTS) is 1. The Morgan fingerprint density at radius 3 is 2.21 bits per heavy atom. The van der Waals surface area contributed by atoms with E-state index < -0.39 is 11.6 Å². The number of ether oxygens (including phenoxy) is 1. The molecule has 7 nitrogen and oxygen atoms in total. The zero-order chi connectivity index (χ0) is 45.1. The first-order valence-electron chi connectivity index (χ1n) is 21.7. The third kappa shape index (κ3) is 13.9. The van der Waals surface area contributed by atoms with Crippen molar-refractivity contribution < 1.29 is 32.6 Å². The number of nitrogens with one attached hydrogen (secondary N) is 1. The van der Waals surface area contributed by atoms with Gasteiger partial charge in [0.05, 0.1) is 12.6 Å². The van der Waals surface area contributed by atoms with Gasteiger partial charge in [0.2, 0.25) is 5.91 Å². The van der Waals surface area contributed by atoms with Crippen LogP contribution in [0.25, 0.3) is 11.1 Å². The van der Waals surface area contributed by atoms with Crippen molar-refractivity contribution in [3.05, 3.63) is 189 Å². The van der Waals surface area contributed by atoms with Crippen molar-refractivity contribution in [3.8, 4) is 16.9 Å². The van der Waals surface area contributed by atoms with Gasteiger partial charge in [-0.3, -0.25) is 19.5 Å². The van der Waals surface area contributed by atoms with Crippen LogP contribution < -0.4 is 10.1 Å². The van der Waals surface area contributed by atoms with E-state index in [-0.39, 0.29) is 24.2 Å². The minimum absolute atomic E-state index is 0.00687. The van der Waals surface area contributed by atoms with E-state index in [1.54, 1.807) is 18.2 Å². The SMILES string of the molecule is CC.Cc1nccc(-c2ccc(CCNC(=O)C3Cc4cc5c(cc4CN3Cc3cccc(F)c3)CCCCO5)cc2)c1C.Fc1ccc(CCc2ccccc2)cc1F.O=CO. The molecule has 0 fully saturated rings. The van der Waals surface area contributed by atoms with Crippen LogP contribution in [0.4, 0.5) is 13.2 Å². The second kappa shape index (κ2) is 24.4. The maximum Gasteiger partial charge on any atom is 0.290 e. The largest absolute Gasteiger partial charge is 0.493 e. The number of hydrogen-bond acceptors (Lipinski definition) is 5. The Kier molecular flexibility index (Phi) is 18.5. The van der Waals surface area contributed by atoms with Crippen LogP contribution in [-0.2, 0) is 54.8 Å². The highest BCUT2D eigenvalue weighted by Crippen LogP contribution is 2.33. The summed E-state index contributed by atoms with van der Waals surface area (Å²) in [4.78, 5) is 28.6. The first-order valence-corrected chi connectivity index (χ1v) is 21.7. The van der Waals surface area contributed by atoms with E-state index in [1.807, 2.05) is 63.4 Å². The maximum atomic E-state index is 14.0. The van der Waals surface area contributed by atoms with Gasteiger partial charge in [-0.1, -0.05) is 92.7 Å². The number of hydrogen-bond donors (Lipinski definition) is 2. The summed E-state index contributed by atoms with van der Waals surface area (Å²) in [6, 6.07) is 35.4. The van der Waals surface area contributed by atoms with E-state index in [1.165, 1.54) is 62.7 Å². The number of aromatic nitrogens is 1. The van der Waals surface area contributed by atoms with Gasteiger partial charge in [0.1, 0.15) is 11.6 Å². The smallest absolute Gasteiger partial charge is 0.290 e. The highest BCUT2D eigenvalue weighted by Gasteiger charge is 2.32. The molecule has 3 heterocycles. The number of nitrogens with zero attached hydrogens (tertiary/aromatic N) is 2. The van der Waals surface area contributed by atoms with E-state index >= 15 is 0 Å². The normalized spacial score (nSPS) is 14.0. The zero-order valence-electron chi connectivity index (χ0n) is 36.7. The molecule has 2 N–H and O–H groups in total. The lowest BCUT2D eigenvalue weighted by Gasteiger charge is -2.36. The number of benzene rings is 5. The minimum atomic E-state index is -0.788. The predicted molar refractivity (Wildman–Crippen MR) is 244 cm³/mol. The number of amides is 1. The van der Waals surface area contributed by atoms with Gasteiger partial charge in [-0.25, -0.2) is 13.2 Å². The highest BCUT2D eigenvalue weighted by molar-refractivity contribution is 5.82. The van der Waals surface area contributed by atoms with E-state index in [2.05, 4.69) is 64.6 Å². The van der Waals surface area contributed by atoms with Gasteiger partial charge in [-0.05, 0) is 151 Å². The van der Waals surface area contributed by atoms with Crippen molar-refractivity contribution >= 4 is 12.4 Å². The van der Waals surface area contributed by atoms with Gasteiger partial charge in [-0.15, -0.1) is 0 Å². The van der Waals surface area contributed by atoms with Crippen LogP contribution in [0.15, 0.2) is 121 Å². The summed E-state index contributed by atoms with van der Waals surface area (Å²) in [5.41, 5.74) is 12.3. The number of aryl methyl sites for hydroxylation is 4. The number of fused-ring (bicyclic) bond motifs is 2. The molecule has 2 aliphatic rings. The summed E-state index contributed by atoms with van der Waals surface area (Å²) < 4.78 is 45.7. The van der Waals surface area contributed by atoms with Crippen molar-refractivity contribution in [1.29, 1.82) is 0 Å². The van der Waals surface area contributed by atoms with Crippen LogP contribution in [0.3, 0.4) is 0 Å². The highest BCUT2D eigenvalue weighted by atomic mass is 19.2. The van der Waals surface area contributed by atoms with E-state index in [0.717, 1.165) is 67.7 Å². The molecule has 6 aromatic rings. The first-order chi connectivity index (χ1) is 30.6. The molecule has 63 heavy (non-hydrogen) atoms. The molecule has 1 unspecified atom stereocenters. The third-order valence-electron chi connectivity index (χ3n) is 11.2. The number of carbonyl (C=O) groups excluding carboxylic acids is 1. The van der Waals surface area contributed by atoms with E-state index in [9.17, 15) is 18.0 Å². The summed E-state index contributed by atoms with van der Waals surface area (Å²) >= 11 is 0. The van der Waals surface area contributed by atoms with Crippen LogP contribution in [0.5, 0.6) is 5.75 Å². The fourth-order valence-electron chi connectivity index (χ4n) is 7.83. The zero-order valence-corrected chi connectivity index (χ0v) is 36.7. The molecular weight excluding hydrogens is 800 g/mol. The molecule has 5 aromatic carbocycles. The van der Waals surface area contributed by atoms with Crippen LogP contribution in [0, 0.1) is 31.3 Å². The molecule has 330 valence electrons. The van der Waals surface area contributed by atoms with Crippen molar-refractivity contribution in [3.63, 3.8) is 0 Å². The van der Waals surface area contributed by atoms with Crippen LogP contribution in [0.2, 0.25) is 0 Å². The summed E-state index contributed by atoms with van der Waals surface area (Å²) in [5, 5.41) is 10.1. The lowest BCUT2D eigenvalue weighted by atomic mass is 9.90. The van der Waals surface area contributed by atoms with Crippen LogP contribution in [-0.4, -0.2) is 46.6 Å². The average Bonchev–Trinajstić information content (AvgIpc) is 3.53. The van der Waals surface area contributed by atoms with Crippen LogP contribution >= 0.6 is 0 Å². The number of halogens is 3. The molecule has 10 heteroatoms. The summed E-state index contributed by atoms with van der Waals surface area (Å²) in [7, 11) is 0. The molecular formula is C53H58F3N3O4. The Balaban J connectivity index is 0.000000296. The van der Waals surface area contributed by atoms with Gasteiger partial charge in [0, 0.05) is 31.5 Å². The molecule has 1 atom stereocenters. The fourth-order valence-corrected chi connectivity index (χ4v) is 7.83. The van der Waals surface area contributed by atoms with Crippen molar-refractivity contribution in [2.45, 2.75) is 91.8 Å². The Morgan fingerprint density at radius 2 is 1.48 bits per heavy atom. The average molecular weight is 858 g/mol. The Morgan fingerprint density at radius 1 is 0.778 bits per heavy atom. The Bertz CT molecular complexity index is 2390. The van der Waals surface area contributed by atoms with Crippen molar-refractivity contribution in [1.82, 2.24) is 15.2 Å². The number of rotatable bonds is 10. The fraction of sp³-hybridized carbons (Fsp3) is 0.302. The van der Waals surface area contributed by atoms with Gasteiger partial charge < -0.3 is 15.2 Å². The van der Waals surface area contributed by atoms with Gasteiger partial charge in [0.25, 0.3) is 6.47 Å². The van der Waals surface area contributed by atoms with Crippen molar-refractivity contribution in [2.24, 2.45) is 0 Å². The molecule has 1 amide bonds. The molecule has 0 saturated carbocycles. The van der Waals surface area contributed by atoms with Gasteiger partial charge in [-0.2, -0.15) is 0 Å². The molecule has 8 rings (SSSR count). The topological polar surface area (TPSA) is 91.8 Å². The van der Waals surface area contributed by atoms with Gasteiger partial charge >= 0.3 is 0 Å². The second-order valence-electron chi connectivity index (χ2n) is 15.4. The lowest BCUT2D eigenvalue weighted by Crippen LogP contribution is -2.50.